The third-order valence-corrected chi connectivity index (χ3v) is 6.31. The fraction of sp³-hybridized carbons (Fsp3) is 0.136. The summed E-state index contributed by atoms with van der Waals surface area (Å²) >= 11 is 12.4. The van der Waals surface area contributed by atoms with Gasteiger partial charge < -0.3 is 5.32 Å². The van der Waals surface area contributed by atoms with Crippen LogP contribution in [0.15, 0.2) is 66.7 Å². The van der Waals surface area contributed by atoms with Crippen molar-refractivity contribution in [2.45, 2.75) is 13.5 Å². The number of hydrogen-bond acceptors (Lipinski definition) is 3. The molecule has 0 aliphatic heterocycles. The van der Waals surface area contributed by atoms with Crippen LogP contribution >= 0.6 is 23.2 Å². The Kier molecular flexibility index (Phi) is 6.71. The van der Waals surface area contributed by atoms with Crippen molar-refractivity contribution in [3.05, 3.63) is 93.5 Å². The molecule has 156 valence electrons. The predicted molar refractivity (Wildman–Crippen MR) is 123 cm³/mol. The molecule has 0 atom stereocenters. The van der Waals surface area contributed by atoms with Crippen LogP contribution in [0, 0.1) is 6.92 Å². The van der Waals surface area contributed by atoms with Crippen LogP contribution in [-0.2, 0) is 16.6 Å². The molecule has 1 amide bonds. The number of nitrogens with zero attached hydrogens (tertiary/aromatic N) is 1. The molecule has 8 heteroatoms. The zero-order valence-electron chi connectivity index (χ0n) is 16.4. The van der Waals surface area contributed by atoms with E-state index in [1.165, 1.54) is 4.31 Å². The number of halogens is 2. The molecule has 0 heterocycles. The number of sulfonamides is 1. The second-order valence-corrected chi connectivity index (χ2v) is 9.56. The fourth-order valence-electron chi connectivity index (χ4n) is 2.93. The Morgan fingerprint density at radius 3 is 2.13 bits per heavy atom. The first-order valence-electron chi connectivity index (χ1n) is 9.04. The molecule has 0 aliphatic carbocycles. The highest BCUT2D eigenvalue weighted by Crippen LogP contribution is 2.29. The van der Waals surface area contributed by atoms with Gasteiger partial charge in [-0.05, 0) is 61.0 Å². The minimum Gasteiger partial charge on any atom is -0.322 e. The number of carbonyl (C=O) groups excluding carboxylic acids is 1. The molecule has 5 nitrogen and oxygen atoms in total. The normalized spacial score (nSPS) is 11.2. The maximum absolute atomic E-state index is 12.5. The first kappa shape index (κ1) is 22.2. The first-order chi connectivity index (χ1) is 14.1. The average molecular weight is 463 g/mol. The highest BCUT2D eigenvalue weighted by Gasteiger charge is 2.21. The molecule has 0 saturated carbocycles. The monoisotopic (exact) mass is 462 g/mol. The molecule has 0 bridgehead atoms. The van der Waals surface area contributed by atoms with Crippen LogP contribution in [0.25, 0.3) is 0 Å². The van der Waals surface area contributed by atoms with E-state index >= 15 is 0 Å². The summed E-state index contributed by atoms with van der Waals surface area (Å²) in [6, 6.07) is 18.8. The van der Waals surface area contributed by atoms with Gasteiger partial charge in [0.05, 0.1) is 18.5 Å². The molecule has 0 aromatic heterocycles. The van der Waals surface area contributed by atoms with Crippen LogP contribution < -0.4 is 9.62 Å². The Balaban J connectivity index is 1.85. The van der Waals surface area contributed by atoms with Gasteiger partial charge in [-0.25, -0.2) is 8.42 Å². The molecule has 3 aromatic carbocycles. The van der Waals surface area contributed by atoms with Gasteiger partial charge in [-0.2, -0.15) is 0 Å². The van der Waals surface area contributed by atoms with Crippen molar-refractivity contribution in [1.29, 1.82) is 0 Å². The maximum atomic E-state index is 12.5. The Hall–Kier alpha value is -2.54. The van der Waals surface area contributed by atoms with Gasteiger partial charge in [0, 0.05) is 26.9 Å². The number of rotatable bonds is 6. The van der Waals surface area contributed by atoms with E-state index in [-0.39, 0.29) is 12.5 Å². The first-order valence-corrected chi connectivity index (χ1v) is 11.6. The van der Waals surface area contributed by atoms with Crippen molar-refractivity contribution >= 4 is 50.5 Å². The van der Waals surface area contributed by atoms with Crippen LogP contribution in [0.2, 0.25) is 10.0 Å². The predicted octanol–water partition coefficient (Wildman–Crippen LogP) is 5.52. The summed E-state index contributed by atoms with van der Waals surface area (Å²) < 4.78 is 26.0. The summed E-state index contributed by atoms with van der Waals surface area (Å²) in [7, 11) is -3.62. The number of anilines is 2. The molecular formula is C22H20Cl2N2O3S. The molecule has 3 aromatic rings. The van der Waals surface area contributed by atoms with Gasteiger partial charge in [0.25, 0.3) is 5.91 Å². The van der Waals surface area contributed by atoms with Crippen LogP contribution in [0.3, 0.4) is 0 Å². The third kappa shape index (κ3) is 5.33. The lowest BCUT2D eigenvalue weighted by Crippen LogP contribution is -2.29. The van der Waals surface area contributed by atoms with Crippen molar-refractivity contribution in [3.63, 3.8) is 0 Å². The van der Waals surface area contributed by atoms with Gasteiger partial charge in [-0.3, -0.25) is 9.10 Å². The van der Waals surface area contributed by atoms with Crippen molar-refractivity contribution in [2.24, 2.45) is 0 Å². The largest absolute Gasteiger partial charge is 0.322 e. The summed E-state index contributed by atoms with van der Waals surface area (Å²) in [5.74, 6) is -0.285. The van der Waals surface area contributed by atoms with Crippen molar-refractivity contribution in [2.75, 3.05) is 15.9 Å². The zero-order chi connectivity index (χ0) is 21.9. The minimum atomic E-state index is -3.62. The van der Waals surface area contributed by atoms with E-state index in [0.717, 1.165) is 11.8 Å². The lowest BCUT2D eigenvalue weighted by molar-refractivity contribution is 0.102. The summed E-state index contributed by atoms with van der Waals surface area (Å²) in [6.45, 7) is 1.92. The third-order valence-electron chi connectivity index (χ3n) is 4.46. The molecule has 0 aliphatic rings. The summed E-state index contributed by atoms with van der Waals surface area (Å²) in [5, 5.41) is 3.59. The van der Waals surface area contributed by atoms with E-state index in [9.17, 15) is 13.2 Å². The minimum absolute atomic E-state index is 0.0217. The van der Waals surface area contributed by atoms with Gasteiger partial charge in [-0.15, -0.1) is 0 Å². The fourth-order valence-corrected chi connectivity index (χ4v) is 4.32. The molecule has 3 rings (SSSR count). The highest BCUT2D eigenvalue weighted by atomic mass is 35.5. The van der Waals surface area contributed by atoms with Gasteiger partial charge in [0.2, 0.25) is 10.0 Å². The molecule has 0 unspecified atom stereocenters. The Labute approximate surface area is 186 Å². The van der Waals surface area contributed by atoms with Crippen molar-refractivity contribution < 1.29 is 13.2 Å². The summed E-state index contributed by atoms with van der Waals surface area (Å²) in [4.78, 5) is 12.5. The Morgan fingerprint density at radius 2 is 1.57 bits per heavy atom. The second kappa shape index (κ2) is 9.08. The molecule has 30 heavy (non-hydrogen) atoms. The van der Waals surface area contributed by atoms with E-state index in [1.807, 2.05) is 25.1 Å². The van der Waals surface area contributed by atoms with Crippen molar-refractivity contribution in [1.82, 2.24) is 0 Å². The number of hydrogen-bond donors (Lipinski definition) is 1. The van der Waals surface area contributed by atoms with Gasteiger partial charge >= 0.3 is 0 Å². The highest BCUT2D eigenvalue weighted by molar-refractivity contribution is 7.92. The van der Waals surface area contributed by atoms with Crippen LogP contribution in [0.5, 0.6) is 0 Å². The molecule has 0 radical (unpaired) electrons. The standard InChI is InChI=1S/C22H20Cl2N2O3S/c1-15-5-3-6-17(13-15)25-22(27)16-9-11-18(12-10-16)26(30(2,28)29)14-19-20(23)7-4-8-21(19)24/h3-13H,14H2,1-2H3,(H,25,27). The van der Waals surface area contributed by atoms with E-state index in [1.54, 1.807) is 48.5 Å². The maximum Gasteiger partial charge on any atom is 0.255 e. The average Bonchev–Trinajstić information content (AvgIpc) is 2.67. The van der Waals surface area contributed by atoms with Gasteiger partial charge in [-0.1, -0.05) is 41.4 Å². The van der Waals surface area contributed by atoms with E-state index in [4.69, 9.17) is 23.2 Å². The summed E-state index contributed by atoms with van der Waals surface area (Å²) in [6.07, 6.45) is 1.11. The number of nitrogens with one attached hydrogen (secondary N) is 1. The quantitative estimate of drug-likeness (QED) is 0.524. The number of amides is 1. The molecule has 0 fully saturated rings. The Bertz CT molecular complexity index is 1160. The molecule has 0 spiro atoms. The number of aryl methyl sites for hydroxylation is 1. The number of carbonyl (C=O) groups is 1. The molecular weight excluding hydrogens is 443 g/mol. The second-order valence-electron chi connectivity index (χ2n) is 6.84. The van der Waals surface area contributed by atoms with Crippen molar-refractivity contribution in [3.8, 4) is 0 Å². The lowest BCUT2D eigenvalue weighted by Gasteiger charge is -2.23. The van der Waals surface area contributed by atoms with E-state index < -0.39 is 10.0 Å². The topological polar surface area (TPSA) is 66.5 Å². The molecule has 0 saturated heterocycles. The lowest BCUT2D eigenvalue weighted by atomic mass is 10.1. The van der Waals surface area contributed by atoms with Gasteiger partial charge in [0.1, 0.15) is 0 Å². The van der Waals surface area contributed by atoms with E-state index in [0.29, 0.717) is 32.5 Å². The number of benzene rings is 3. The van der Waals surface area contributed by atoms with Crippen LogP contribution in [0.1, 0.15) is 21.5 Å². The van der Waals surface area contributed by atoms with E-state index in [2.05, 4.69) is 5.32 Å². The smallest absolute Gasteiger partial charge is 0.255 e. The van der Waals surface area contributed by atoms with Crippen LogP contribution in [0.4, 0.5) is 11.4 Å². The Morgan fingerprint density at radius 1 is 0.967 bits per heavy atom. The van der Waals surface area contributed by atoms with Crippen LogP contribution in [-0.4, -0.2) is 20.6 Å². The zero-order valence-corrected chi connectivity index (χ0v) is 18.7. The summed E-state index contributed by atoms with van der Waals surface area (Å²) in [5.41, 5.74) is 3.04. The van der Waals surface area contributed by atoms with Gasteiger partial charge in [0.15, 0.2) is 0 Å². The SMILES string of the molecule is Cc1cccc(NC(=O)c2ccc(N(Cc3c(Cl)cccc3Cl)S(C)(=O)=O)cc2)c1. The molecule has 1 N–H and O–H groups in total.